The molecular weight excluding hydrogens is 282 g/mol. The largest absolute Gasteiger partial charge is 0.366 e. The molecule has 0 bridgehead atoms. The van der Waals surface area contributed by atoms with Crippen molar-refractivity contribution < 1.29 is 14.3 Å². The third-order valence-electron chi connectivity index (χ3n) is 4.21. The average Bonchev–Trinajstić information content (AvgIpc) is 3.38. The number of rotatable bonds is 4. The molecule has 1 aromatic carbocycles. The van der Waals surface area contributed by atoms with Gasteiger partial charge in [-0.25, -0.2) is 4.79 Å². The Kier molecular flexibility index (Phi) is 4.29. The van der Waals surface area contributed by atoms with E-state index in [-0.39, 0.29) is 24.7 Å². The summed E-state index contributed by atoms with van der Waals surface area (Å²) in [7, 11) is 0. The van der Waals surface area contributed by atoms with Crippen molar-refractivity contribution in [1.82, 2.24) is 10.2 Å². The molecule has 3 amide bonds. The van der Waals surface area contributed by atoms with Gasteiger partial charge in [-0.3, -0.25) is 4.79 Å². The first-order chi connectivity index (χ1) is 10.6. The number of carbonyl (C=O) groups is 2. The highest BCUT2D eigenvalue weighted by atomic mass is 16.5. The molecule has 1 saturated heterocycles. The number of hydrogen-bond acceptors (Lipinski definition) is 3. The van der Waals surface area contributed by atoms with E-state index in [1.54, 1.807) is 4.90 Å². The Labute approximate surface area is 129 Å². The number of amides is 3. The van der Waals surface area contributed by atoms with Gasteiger partial charge in [0, 0.05) is 6.54 Å². The highest BCUT2D eigenvalue weighted by Crippen LogP contribution is 2.39. The number of carbonyl (C=O) groups excluding carboxylic acids is 2. The summed E-state index contributed by atoms with van der Waals surface area (Å²) in [5.41, 5.74) is 6.11. The summed E-state index contributed by atoms with van der Waals surface area (Å²) in [5.74, 6) is 0.430. The minimum atomic E-state index is -0.681. The van der Waals surface area contributed by atoms with Gasteiger partial charge in [0.15, 0.2) is 0 Å². The molecule has 0 unspecified atom stereocenters. The van der Waals surface area contributed by atoms with E-state index in [4.69, 9.17) is 10.5 Å². The van der Waals surface area contributed by atoms with Crippen molar-refractivity contribution in [2.24, 2.45) is 11.7 Å². The summed E-state index contributed by atoms with van der Waals surface area (Å²) >= 11 is 0. The van der Waals surface area contributed by atoms with E-state index in [1.807, 2.05) is 30.3 Å². The van der Waals surface area contributed by atoms with E-state index in [2.05, 4.69) is 5.32 Å². The number of nitrogens with one attached hydrogen (secondary N) is 1. The van der Waals surface area contributed by atoms with Crippen LogP contribution in [-0.2, 0) is 9.53 Å². The number of primary amides is 1. The van der Waals surface area contributed by atoms with Gasteiger partial charge in [0.2, 0.25) is 5.91 Å². The van der Waals surface area contributed by atoms with Crippen molar-refractivity contribution in [1.29, 1.82) is 0 Å². The summed E-state index contributed by atoms with van der Waals surface area (Å²) in [6.07, 6.45) is 2.29. The fourth-order valence-corrected chi connectivity index (χ4v) is 2.85. The topological polar surface area (TPSA) is 84.7 Å². The van der Waals surface area contributed by atoms with Crippen molar-refractivity contribution in [3.63, 3.8) is 0 Å². The molecule has 118 valence electrons. The average molecular weight is 303 g/mol. The second-order valence-electron chi connectivity index (χ2n) is 5.93. The van der Waals surface area contributed by atoms with E-state index in [1.165, 1.54) is 0 Å². The lowest BCUT2D eigenvalue weighted by Crippen LogP contribution is -2.51. The van der Waals surface area contributed by atoms with Crippen LogP contribution in [0.15, 0.2) is 30.3 Å². The lowest BCUT2D eigenvalue weighted by molar-refractivity contribution is -0.147. The molecule has 6 nitrogen and oxygen atoms in total. The molecule has 2 aliphatic rings. The number of urea groups is 1. The van der Waals surface area contributed by atoms with Gasteiger partial charge in [-0.15, -0.1) is 0 Å². The summed E-state index contributed by atoms with van der Waals surface area (Å²) in [6.45, 7) is 1.04. The normalized spacial score (nSPS) is 24.8. The Hall–Kier alpha value is -2.08. The molecule has 0 spiro atoms. The molecule has 6 heteroatoms. The van der Waals surface area contributed by atoms with Gasteiger partial charge in [0.25, 0.3) is 0 Å². The fourth-order valence-electron chi connectivity index (χ4n) is 2.85. The maximum atomic E-state index is 12.3. The SMILES string of the molecule is NC(=O)NCC(=O)N1C[C@@H](c2ccccc2)O[C@@H](C2CC2)C1. The van der Waals surface area contributed by atoms with E-state index in [0.717, 1.165) is 18.4 Å². The van der Waals surface area contributed by atoms with Gasteiger partial charge in [-0.05, 0) is 24.3 Å². The van der Waals surface area contributed by atoms with Crippen molar-refractivity contribution in [3.05, 3.63) is 35.9 Å². The van der Waals surface area contributed by atoms with Crippen LogP contribution in [0.25, 0.3) is 0 Å². The molecule has 1 aromatic rings. The van der Waals surface area contributed by atoms with E-state index >= 15 is 0 Å². The van der Waals surface area contributed by atoms with Crippen LogP contribution in [-0.4, -0.2) is 42.6 Å². The first kappa shape index (κ1) is 14.8. The monoisotopic (exact) mass is 303 g/mol. The van der Waals surface area contributed by atoms with Crippen LogP contribution < -0.4 is 11.1 Å². The van der Waals surface area contributed by atoms with Gasteiger partial charge in [0.05, 0.1) is 19.2 Å². The smallest absolute Gasteiger partial charge is 0.312 e. The highest BCUT2D eigenvalue weighted by Gasteiger charge is 2.39. The second-order valence-corrected chi connectivity index (χ2v) is 5.93. The van der Waals surface area contributed by atoms with E-state index in [9.17, 15) is 9.59 Å². The van der Waals surface area contributed by atoms with Gasteiger partial charge < -0.3 is 20.7 Å². The number of nitrogens with zero attached hydrogens (tertiary/aromatic N) is 1. The van der Waals surface area contributed by atoms with Crippen LogP contribution in [0.3, 0.4) is 0 Å². The summed E-state index contributed by atoms with van der Waals surface area (Å²) in [4.78, 5) is 24.8. The Balaban J connectivity index is 1.70. The van der Waals surface area contributed by atoms with Crippen molar-refractivity contribution >= 4 is 11.9 Å². The van der Waals surface area contributed by atoms with Crippen molar-refractivity contribution in [2.45, 2.75) is 25.0 Å². The predicted octanol–water partition coefficient (Wildman–Crippen LogP) is 1.03. The molecule has 1 heterocycles. The summed E-state index contributed by atoms with van der Waals surface area (Å²) in [6, 6.07) is 9.26. The highest BCUT2D eigenvalue weighted by molar-refractivity contribution is 5.83. The zero-order valence-electron chi connectivity index (χ0n) is 12.4. The van der Waals surface area contributed by atoms with Gasteiger partial charge in [-0.2, -0.15) is 0 Å². The van der Waals surface area contributed by atoms with Gasteiger partial charge >= 0.3 is 6.03 Å². The standard InChI is InChI=1S/C16H21N3O3/c17-16(21)18-8-15(20)19-9-13(11-4-2-1-3-5-11)22-14(10-19)12-6-7-12/h1-5,12-14H,6-10H2,(H3,17,18,21)/t13-,14+/m0/s1. The van der Waals surface area contributed by atoms with Crippen LogP contribution in [0.1, 0.15) is 24.5 Å². The summed E-state index contributed by atoms with van der Waals surface area (Å²) in [5, 5.41) is 2.36. The van der Waals surface area contributed by atoms with Gasteiger partial charge in [0.1, 0.15) is 6.10 Å². The van der Waals surface area contributed by atoms with E-state index in [0.29, 0.717) is 19.0 Å². The van der Waals surface area contributed by atoms with Crippen LogP contribution in [0.5, 0.6) is 0 Å². The third kappa shape index (κ3) is 3.57. The quantitative estimate of drug-likeness (QED) is 0.871. The van der Waals surface area contributed by atoms with Crippen molar-refractivity contribution in [3.8, 4) is 0 Å². The first-order valence-corrected chi connectivity index (χ1v) is 7.65. The zero-order chi connectivity index (χ0) is 15.5. The lowest BCUT2D eigenvalue weighted by Gasteiger charge is -2.38. The molecule has 1 aliphatic carbocycles. The van der Waals surface area contributed by atoms with E-state index < -0.39 is 6.03 Å². The fraction of sp³-hybridized carbons (Fsp3) is 0.500. The maximum absolute atomic E-state index is 12.3. The molecule has 2 fully saturated rings. The molecule has 0 radical (unpaired) electrons. The Bertz CT molecular complexity index is 545. The molecular formula is C16H21N3O3. The van der Waals surface area contributed by atoms with Crippen molar-refractivity contribution in [2.75, 3.05) is 19.6 Å². The number of ether oxygens (including phenoxy) is 1. The minimum Gasteiger partial charge on any atom is -0.366 e. The maximum Gasteiger partial charge on any atom is 0.312 e. The zero-order valence-corrected chi connectivity index (χ0v) is 12.4. The Morgan fingerprint density at radius 2 is 1.95 bits per heavy atom. The van der Waals surface area contributed by atoms with Crippen LogP contribution in [0.2, 0.25) is 0 Å². The Morgan fingerprint density at radius 3 is 2.59 bits per heavy atom. The Morgan fingerprint density at radius 1 is 1.23 bits per heavy atom. The molecule has 0 aromatic heterocycles. The summed E-state index contributed by atoms with van der Waals surface area (Å²) < 4.78 is 6.20. The third-order valence-corrected chi connectivity index (χ3v) is 4.21. The number of nitrogens with two attached hydrogens (primary N) is 1. The predicted molar refractivity (Wildman–Crippen MR) is 80.9 cm³/mol. The molecule has 3 N–H and O–H groups in total. The molecule has 1 saturated carbocycles. The molecule has 1 aliphatic heterocycles. The number of morpholine rings is 1. The first-order valence-electron chi connectivity index (χ1n) is 7.65. The van der Waals surface area contributed by atoms with Crippen LogP contribution in [0.4, 0.5) is 4.79 Å². The minimum absolute atomic E-state index is 0.0613. The second kappa shape index (κ2) is 6.36. The number of hydrogen-bond donors (Lipinski definition) is 2. The van der Waals surface area contributed by atoms with Crippen LogP contribution in [0, 0.1) is 5.92 Å². The lowest BCUT2D eigenvalue weighted by atomic mass is 10.0. The van der Waals surface area contributed by atoms with Crippen LogP contribution >= 0.6 is 0 Å². The number of benzene rings is 1. The molecule has 3 rings (SSSR count). The van der Waals surface area contributed by atoms with Gasteiger partial charge in [-0.1, -0.05) is 30.3 Å². The molecule has 2 atom stereocenters. The molecule has 22 heavy (non-hydrogen) atoms.